The summed E-state index contributed by atoms with van der Waals surface area (Å²) in [6.07, 6.45) is 1.51. The third-order valence-corrected chi connectivity index (χ3v) is 6.71. The fourth-order valence-electron chi connectivity index (χ4n) is 3.60. The molecule has 2 amide bonds. The number of likely N-dealkylation sites (N-methyl/N-ethyl adjacent to an activating group) is 1. The Morgan fingerprint density at radius 1 is 1.03 bits per heavy atom. The zero-order valence-electron chi connectivity index (χ0n) is 21.0. The van der Waals surface area contributed by atoms with Crippen LogP contribution in [-0.2, 0) is 26.2 Å². The number of anilines is 1. The molecule has 0 aliphatic rings. The topological polar surface area (TPSA) is 105 Å². The van der Waals surface area contributed by atoms with E-state index >= 15 is 0 Å². The second-order valence-electron chi connectivity index (χ2n) is 8.03. The first kappa shape index (κ1) is 28.0. The number of methoxy groups -OCH3 is 1. The number of hydrogen-bond donors (Lipinski definition) is 1. The van der Waals surface area contributed by atoms with Crippen LogP contribution in [0, 0.1) is 0 Å². The van der Waals surface area contributed by atoms with Crippen LogP contribution >= 0.6 is 0 Å². The fraction of sp³-hybridized carbons (Fsp3) is 0.440. The summed E-state index contributed by atoms with van der Waals surface area (Å²) in [5.41, 5.74) is 1.35. The Kier molecular flexibility index (Phi) is 10.4. The molecule has 35 heavy (non-hydrogen) atoms. The molecule has 192 valence electrons. The summed E-state index contributed by atoms with van der Waals surface area (Å²) in [5.74, 6) is 0.828. The van der Waals surface area contributed by atoms with Crippen molar-refractivity contribution in [2.24, 2.45) is 0 Å². The average molecular weight is 506 g/mol. The van der Waals surface area contributed by atoms with Crippen molar-refractivity contribution in [1.29, 1.82) is 0 Å². The van der Waals surface area contributed by atoms with Crippen molar-refractivity contribution in [3.63, 3.8) is 0 Å². The number of rotatable bonds is 13. The van der Waals surface area contributed by atoms with Crippen molar-refractivity contribution in [3.05, 3.63) is 54.1 Å². The number of hydrogen-bond acceptors (Lipinski definition) is 6. The Morgan fingerprint density at radius 2 is 1.63 bits per heavy atom. The van der Waals surface area contributed by atoms with Crippen LogP contribution < -0.4 is 19.1 Å². The van der Waals surface area contributed by atoms with Gasteiger partial charge in [0, 0.05) is 26.6 Å². The molecule has 10 heteroatoms. The van der Waals surface area contributed by atoms with E-state index in [9.17, 15) is 18.0 Å². The standard InChI is InChI=1S/C25H35N3O6S/c1-6-34-23-15-11-21(12-16-23)28(35(5,31)32)17-7-8-24(29)27(19(2)25(30)26-3)18-20-9-13-22(33-4)14-10-20/h9-16,19H,6-8,17-18H2,1-5H3,(H,26,30)/t19-/m0/s1. The van der Waals surface area contributed by atoms with Crippen molar-refractivity contribution in [3.8, 4) is 11.5 Å². The number of nitrogens with one attached hydrogen (secondary N) is 1. The predicted molar refractivity (Wildman–Crippen MR) is 136 cm³/mol. The molecule has 0 bridgehead atoms. The predicted octanol–water partition coefficient (Wildman–Crippen LogP) is 2.80. The summed E-state index contributed by atoms with van der Waals surface area (Å²) in [6, 6.07) is 13.4. The largest absolute Gasteiger partial charge is 0.497 e. The highest BCUT2D eigenvalue weighted by Crippen LogP contribution is 2.23. The molecular weight excluding hydrogens is 470 g/mol. The molecule has 0 saturated heterocycles. The molecule has 0 fully saturated rings. The molecule has 2 rings (SSSR count). The normalized spacial score (nSPS) is 11.9. The molecule has 0 aliphatic carbocycles. The first-order valence-corrected chi connectivity index (χ1v) is 13.3. The minimum Gasteiger partial charge on any atom is -0.497 e. The lowest BCUT2D eigenvalue weighted by atomic mass is 10.1. The van der Waals surface area contributed by atoms with E-state index < -0.39 is 16.1 Å². The van der Waals surface area contributed by atoms with E-state index in [0.717, 1.165) is 11.8 Å². The van der Waals surface area contributed by atoms with Crippen LogP contribution in [0.5, 0.6) is 11.5 Å². The van der Waals surface area contributed by atoms with Gasteiger partial charge in [-0.3, -0.25) is 13.9 Å². The van der Waals surface area contributed by atoms with Crippen LogP contribution in [0.1, 0.15) is 32.3 Å². The third kappa shape index (κ3) is 8.17. The van der Waals surface area contributed by atoms with E-state index in [4.69, 9.17) is 9.47 Å². The van der Waals surface area contributed by atoms with Gasteiger partial charge in [-0.05, 0) is 62.2 Å². The van der Waals surface area contributed by atoms with Gasteiger partial charge in [0.05, 0.1) is 25.7 Å². The lowest BCUT2D eigenvalue weighted by Gasteiger charge is -2.29. The SMILES string of the molecule is CCOc1ccc(N(CCCC(=O)N(Cc2ccc(OC)cc2)[C@@H](C)C(=O)NC)S(C)(=O)=O)cc1. The molecule has 0 heterocycles. The zero-order valence-corrected chi connectivity index (χ0v) is 21.8. The molecule has 2 aromatic carbocycles. The Bertz CT molecular complexity index is 1070. The molecule has 0 aromatic heterocycles. The molecule has 0 saturated carbocycles. The number of carbonyl (C=O) groups excluding carboxylic acids is 2. The van der Waals surface area contributed by atoms with Crippen LogP contribution in [0.4, 0.5) is 5.69 Å². The Labute approximate surface area is 208 Å². The van der Waals surface area contributed by atoms with Crippen molar-refractivity contribution in [1.82, 2.24) is 10.2 Å². The second-order valence-corrected chi connectivity index (χ2v) is 9.93. The van der Waals surface area contributed by atoms with Gasteiger partial charge in [-0.1, -0.05) is 12.1 Å². The van der Waals surface area contributed by atoms with Gasteiger partial charge in [-0.25, -0.2) is 8.42 Å². The fourth-order valence-corrected chi connectivity index (χ4v) is 4.56. The number of nitrogens with zero attached hydrogens (tertiary/aromatic N) is 2. The van der Waals surface area contributed by atoms with Crippen LogP contribution in [0.2, 0.25) is 0 Å². The molecule has 1 N–H and O–H groups in total. The highest BCUT2D eigenvalue weighted by molar-refractivity contribution is 7.92. The summed E-state index contributed by atoms with van der Waals surface area (Å²) in [6.45, 7) is 4.42. The highest BCUT2D eigenvalue weighted by Gasteiger charge is 2.26. The van der Waals surface area contributed by atoms with E-state index in [1.54, 1.807) is 50.4 Å². The molecular formula is C25H35N3O6S. The van der Waals surface area contributed by atoms with Gasteiger partial charge in [-0.15, -0.1) is 0 Å². The lowest BCUT2D eigenvalue weighted by Crippen LogP contribution is -2.46. The van der Waals surface area contributed by atoms with Crippen LogP contribution in [-0.4, -0.2) is 64.7 Å². The minimum absolute atomic E-state index is 0.0839. The van der Waals surface area contributed by atoms with Gasteiger partial charge in [-0.2, -0.15) is 0 Å². The van der Waals surface area contributed by atoms with E-state index in [-0.39, 0.29) is 31.3 Å². The van der Waals surface area contributed by atoms with Gasteiger partial charge in [0.1, 0.15) is 17.5 Å². The molecule has 0 spiro atoms. The molecule has 0 unspecified atom stereocenters. The van der Waals surface area contributed by atoms with E-state index in [1.807, 2.05) is 19.1 Å². The summed E-state index contributed by atoms with van der Waals surface area (Å²) in [4.78, 5) is 27.0. The number of carbonyl (C=O) groups is 2. The summed E-state index contributed by atoms with van der Waals surface area (Å²) >= 11 is 0. The van der Waals surface area contributed by atoms with Gasteiger partial charge in [0.15, 0.2) is 0 Å². The first-order chi connectivity index (χ1) is 16.6. The van der Waals surface area contributed by atoms with Crippen LogP contribution in [0.3, 0.4) is 0 Å². The van der Waals surface area contributed by atoms with E-state index in [2.05, 4.69) is 5.32 Å². The average Bonchev–Trinajstić information content (AvgIpc) is 2.84. The summed E-state index contributed by atoms with van der Waals surface area (Å²) in [7, 11) is -0.460. The Hall–Kier alpha value is -3.27. The smallest absolute Gasteiger partial charge is 0.242 e. The number of sulfonamides is 1. The molecule has 1 atom stereocenters. The number of ether oxygens (including phenoxy) is 2. The van der Waals surface area contributed by atoms with Crippen LogP contribution in [0.15, 0.2) is 48.5 Å². The second kappa shape index (κ2) is 13.0. The van der Waals surface area contributed by atoms with Crippen LogP contribution in [0.25, 0.3) is 0 Å². The van der Waals surface area contributed by atoms with Gasteiger partial charge >= 0.3 is 0 Å². The quantitative estimate of drug-likeness (QED) is 0.449. The van der Waals surface area contributed by atoms with Gasteiger partial charge in [0.25, 0.3) is 0 Å². The number of benzene rings is 2. The Morgan fingerprint density at radius 3 is 2.14 bits per heavy atom. The number of amides is 2. The van der Waals surface area contributed by atoms with Crippen molar-refractivity contribution in [2.75, 3.05) is 37.9 Å². The minimum atomic E-state index is -3.56. The zero-order chi connectivity index (χ0) is 26.0. The summed E-state index contributed by atoms with van der Waals surface area (Å²) in [5, 5.41) is 2.58. The van der Waals surface area contributed by atoms with E-state index in [1.165, 1.54) is 16.3 Å². The van der Waals surface area contributed by atoms with Gasteiger partial charge < -0.3 is 19.7 Å². The summed E-state index contributed by atoms with van der Waals surface area (Å²) < 4.78 is 36.7. The molecule has 9 nitrogen and oxygen atoms in total. The Balaban J connectivity index is 2.12. The van der Waals surface area contributed by atoms with Crippen molar-refractivity contribution >= 4 is 27.5 Å². The van der Waals surface area contributed by atoms with Crippen molar-refractivity contribution in [2.45, 2.75) is 39.3 Å². The van der Waals surface area contributed by atoms with Gasteiger partial charge in [0.2, 0.25) is 21.8 Å². The monoisotopic (exact) mass is 505 g/mol. The lowest BCUT2D eigenvalue weighted by molar-refractivity contribution is -0.140. The molecule has 0 radical (unpaired) electrons. The maximum atomic E-state index is 13.2. The molecule has 2 aromatic rings. The third-order valence-electron chi connectivity index (χ3n) is 5.51. The maximum Gasteiger partial charge on any atom is 0.242 e. The van der Waals surface area contributed by atoms with E-state index in [0.29, 0.717) is 30.2 Å². The van der Waals surface area contributed by atoms with Crippen molar-refractivity contribution < 1.29 is 27.5 Å². The highest BCUT2D eigenvalue weighted by atomic mass is 32.2. The maximum absolute atomic E-state index is 13.2. The molecule has 0 aliphatic heterocycles. The first-order valence-electron chi connectivity index (χ1n) is 11.4.